The highest BCUT2D eigenvalue weighted by Gasteiger charge is 2.30. The molecule has 0 fully saturated rings. The summed E-state index contributed by atoms with van der Waals surface area (Å²) < 4.78 is 68.6. The molecule has 0 spiro atoms. The van der Waals surface area contributed by atoms with Crippen molar-refractivity contribution in [3.05, 3.63) is 0 Å². The Morgan fingerprint density at radius 1 is 0.260 bits per heavy atom. The van der Waals surface area contributed by atoms with Crippen molar-refractivity contribution in [3.63, 3.8) is 0 Å². The molecular weight excluding hydrogens is 1350 g/mol. The highest BCUT2D eigenvalue weighted by atomic mass is 31.2. The Morgan fingerprint density at radius 3 is 0.654 bits per heavy atom. The summed E-state index contributed by atoms with van der Waals surface area (Å²) in [5.74, 6) is -1.31. The molecule has 0 aromatic heterocycles. The molecular formula is C85H166O17P2. The van der Waals surface area contributed by atoms with Gasteiger partial charge in [0.05, 0.1) is 26.4 Å². The molecule has 0 saturated carbocycles. The molecule has 0 aromatic rings. The first-order chi connectivity index (χ1) is 50.5. The van der Waals surface area contributed by atoms with Gasteiger partial charge in [0.15, 0.2) is 12.2 Å². The van der Waals surface area contributed by atoms with Gasteiger partial charge in [0.2, 0.25) is 0 Å². The van der Waals surface area contributed by atoms with E-state index in [4.69, 9.17) is 37.0 Å². The molecule has 5 atom stereocenters. The first-order valence-electron chi connectivity index (χ1n) is 44.1. The SMILES string of the molecule is CCCCCCCCCCCCCCCCCCCCCCCC(=O)O[C@H](COC(=O)CCCCCCCCCCCCCCCCCCCCCC)COP(=O)(O)OC[C@@H](O)COP(=O)(O)OC[C@@H](COC(=O)CCCCCCC)OC(=O)CCCCCCCCCCCCCCCCCC(C)C. The molecule has 0 aliphatic rings. The molecule has 0 radical (unpaired) electrons. The van der Waals surface area contributed by atoms with Gasteiger partial charge >= 0.3 is 39.5 Å². The number of aliphatic hydroxyl groups is 1. The summed E-state index contributed by atoms with van der Waals surface area (Å²) >= 11 is 0. The first-order valence-corrected chi connectivity index (χ1v) is 47.1. The topological polar surface area (TPSA) is 237 Å². The number of phosphoric ester groups is 2. The van der Waals surface area contributed by atoms with Gasteiger partial charge in [-0.25, -0.2) is 9.13 Å². The summed E-state index contributed by atoms with van der Waals surface area (Å²) in [4.78, 5) is 72.9. The van der Waals surface area contributed by atoms with Gasteiger partial charge in [-0.2, -0.15) is 0 Å². The Balaban J connectivity index is 5.10. The van der Waals surface area contributed by atoms with Crippen molar-refractivity contribution in [2.24, 2.45) is 5.92 Å². The Bertz CT molecular complexity index is 1980. The maximum absolute atomic E-state index is 13.1. The number of esters is 4. The van der Waals surface area contributed by atoms with Crippen molar-refractivity contribution in [2.45, 2.75) is 477 Å². The van der Waals surface area contributed by atoms with Crippen LogP contribution >= 0.6 is 15.6 Å². The van der Waals surface area contributed by atoms with Crippen LogP contribution in [0.5, 0.6) is 0 Å². The first kappa shape index (κ1) is 102. The Kier molecular flexibility index (Phi) is 76.3. The second-order valence-corrected chi connectivity index (χ2v) is 34.0. The van der Waals surface area contributed by atoms with E-state index in [-0.39, 0.29) is 25.7 Å². The Hall–Kier alpha value is -1.94. The van der Waals surface area contributed by atoms with Crippen LogP contribution in [0, 0.1) is 5.92 Å². The van der Waals surface area contributed by atoms with Crippen LogP contribution in [0.25, 0.3) is 0 Å². The van der Waals surface area contributed by atoms with Crippen LogP contribution in [-0.4, -0.2) is 96.7 Å². The summed E-state index contributed by atoms with van der Waals surface area (Å²) in [5.41, 5.74) is 0. The van der Waals surface area contributed by atoms with E-state index in [0.717, 1.165) is 102 Å². The molecule has 0 saturated heterocycles. The highest BCUT2D eigenvalue weighted by Crippen LogP contribution is 2.45. The predicted octanol–water partition coefficient (Wildman–Crippen LogP) is 26.0. The van der Waals surface area contributed by atoms with E-state index in [2.05, 4.69) is 34.6 Å². The molecule has 104 heavy (non-hydrogen) atoms. The van der Waals surface area contributed by atoms with Crippen LogP contribution in [-0.2, 0) is 65.4 Å². The maximum atomic E-state index is 13.1. The molecule has 618 valence electrons. The normalized spacial score (nSPS) is 13.8. The second-order valence-electron chi connectivity index (χ2n) is 31.1. The summed E-state index contributed by atoms with van der Waals surface area (Å²) in [5, 5.41) is 10.6. The summed E-state index contributed by atoms with van der Waals surface area (Å²) in [7, 11) is -9.91. The van der Waals surface area contributed by atoms with Gasteiger partial charge in [-0.3, -0.25) is 37.3 Å². The van der Waals surface area contributed by atoms with Crippen LogP contribution < -0.4 is 0 Å². The van der Waals surface area contributed by atoms with Crippen molar-refractivity contribution >= 4 is 39.5 Å². The monoisotopic (exact) mass is 1520 g/mol. The van der Waals surface area contributed by atoms with E-state index in [1.54, 1.807) is 0 Å². The second kappa shape index (κ2) is 77.8. The number of hydrogen-bond acceptors (Lipinski definition) is 15. The molecule has 0 aliphatic carbocycles. The van der Waals surface area contributed by atoms with E-state index in [9.17, 15) is 43.2 Å². The number of ether oxygens (including phenoxy) is 4. The third-order valence-electron chi connectivity index (χ3n) is 20.0. The Labute approximate surface area is 638 Å². The fourth-order valence-corrected chi connectivity index (χ4v) is 14.9. The largest absolute Gasteiger partial charge is 0.472 e. The summed E-state index contributed by atoms with van der Waals surface area (Å²) in [6.07, 6.45) is 71.4. The van der Waals surface area contributed by atoms with Crippen LogP contribution in [0.2, 0.25) is 0 Å². The van der Waals surface area contributed by atoms with E-state index in [1.165, 1.54) is 276 Å². The van der Waals surface area contributed by atoms with Crippen molar-refractivity contribution in [3.8, 4) is 0 Å². The van der Waals surface area contributed by atoms with Crippen molar-refractivity contribution < 1.29 is 80.2 Å². The zero-order chi connectivity index (χ0) is 76.2. The van der Waals surface area contributed by atoms with Gasteiger partial charge in [-0.1, -0.05) is 407 Å². The number of carbonyl (C=O) groups excluding carboxylic acids is 4. The fraction of sp³-hybridized carbons (Fsp3) is 0.953. The van der Waals surface area contributed by atoms with Crippen molar-refractivity contribution in [1.29, 1.82) is 0 Å². The van der Waals surface area contributed by atoms with Crippen molar-refractivity contribution in [2.75, 3.05) is 39.6 Å². The molecule has 0 heterocycles. The van der Waals surface area contributed by atoms with Gasteiger partial charge in [0, 0.05) is 25.7 Å². The van der Waals surface area contributed by atoms with Gasteiger partial charge < -0.3 is 33.8 Å². The van der Waals surface area contributed by atoms with Crippen LogP contribution in [0.1, 0.15) is 458 Å². The third kappa shape index (κ3) is 78.2. The number of phosphoric acid groups is 2. The van der Waals surface area contributed by atoms with Crippen LogP contribution in [0.15, 0.2) is 0 Å². The molecule has 0 bridgehead atoms. The number of unbranched alkanes of at least 4 members (excludes halogenated alkanes) is 57. The summed E-state index contributed by atoms with van der Waals surface area (Å²) in [6, 6.07) is 0. The lowest BCUT2D eigenvalue weighted by molar-refractivity contribution is -0.161. The Morgan fingerprint density at radius 2 is 0.442 bits per heavy atom. The van der Waals surface area contributed by atoms with Crippen LogP contribution in [0.4, 0.5) is 0 Å². The molecule has 17 nitrogen and oxygen atoms in total. The minimum Gasteiger partial charge on any atom is -0.462 e. The van der Waals surface area contributed by atoms with E-state index in [0.29, 0.717) is 25.7 Å². The summed E-state index contributed by atoms with van der Waals surface area (Å²) in [6.45, 7) is 7.29. The lowest BCUT2D eigenvalue weighted by atomic mass is 10.0. The van der Waals surface area contributed by atoms with Gasteiger partial charge in [-0.05, 0) is 31.6 Å². The fourth-order valence-electron chi connectivity index (χ4n) is 13.3. The number of aliphatic hydroxyl groups excluding tert-OH is 1. The highest BCUT2D eigenvalue weighted by molar-refractivity contribution is 7.47. The minimum absolute atomic E-state index is 0.107. The lowest BCUT2D eigenvalue weighted by Gasteiger charge is -2.21. The standard InChI is InChI=1S/C85H166O17P2/c1-6-9-12-15-17-19-21-23-25-27-29-31-33-35-39-43-47-51-55-60-66-71-85(90)102-81(75-96-83(88)69-64-59-54-50-46-42-38-34-32-30-28-26-24-22-20-18-16-13-10-7-2)77-100-104(93,94)98-73-79(86)72-97-103(91,92)99-76-80(74-95-82(87)68-63-57-14-11-8-3)101-84(89)70-65-61-56-52-48-44-40-36-37-41-45-49-53-58-62-67-78(4)5/h78-81,86H,6-77H2,1-5H3,(H,91,92)(H,93,94)/t79-,80+,81+/m0/s1. The van der Waals surface area contributed by atoms with Gasteiger partial charge in [0.25, 0.3) is 0 Å². The molecule has 3 N–H and O–H groups in total. The van der Waals surface area contributed by atoms with Gasteiger partial charge in [0.1, 0.15) is 19.3 Å². The molecule has 0 aliphatic heterocycles. The maximum Gasteiger partial charge on any atom is 0.472 e. The molecule has 19 heteroatoms. The number of hydrogen-bond donors (Lipinski definition) is 3. The van der Waals surface area contributed by atoms with Crippen LogP contribution in [0.3, 0.4) is 0 Å². The van der Waals surface area contributed by atoms with E-state index in [1.807, 2.05) is 0 Å². The number of rotatable bonds is 85. The predicted molar refractivity (Wildman–Crippen MR) is 428 cm³/mol. The third-order valence-corrected chi connectivity index (χ3v) is 21.9. The van der Waals surface area contributed by atoms with E-state index >= 15 is 0 Å². The molecule has 0 amide bonds. The lowest BCUT2D eigenvalue weighted by Crippen LogP contribution is -2.30. The van der Waals surface area contributed by atoms with Crippen molar-refractivity contribution in [1.82, 2.24) is 0 Å². The zero-order valence-electron chi connectivity index (χ0n) is 68.2. The minimum atomic E-state index is -4.96. The van der Waals surface area contributed by atoms with Gasteiger partial charge in [-0.15, -0.1) is 0 Å². The molecule has 0 aromatic carbocycles. The smallest absolute Gasteiger partial charge is 0.462 e. The molecule has 0 rings (SSSR count). The average Bonchev–Trinajstić information content (AvgIpc) is 0.908. The number of carbonyl (C=O) groups is 4. The average molecular weight is 1520 g/mol. The quantitative estimate of drug-likeness (QED) is 0.0222. The van der Waals surface area contributed by atoms with E-state index < -0.39 is 97.5 Å². The zero-order valence-corrected chi connectivity index (χ0v) is 70.0. The molecule has 2 unspecified atom stereocenters.